The Hall–Kier alpha value is -0.720. The summed E-state index contributed by atoms with van der Waals surface area (Å²) in [7, 11) is 1.67. The molecule has 1 saturated carbocycles. The van der Waals surface area contributed by atoms with Gasteiger partial charge in [-0.25, -0.2) is 4.98 Å². The number of hydrogen-bond acceptors (Lipinski definition) is 6. The summed E-state index contributed by atoms with van der Waals surface area (Å²) in [4.78, 5) is 4.46. The molecule has 0 aromatic carbocycles. The van der Waals surface area contributed by atoms with Gasteiger partial charge >= 0.3 is 0 Å². The molecule has 18 heavy (non-hydrogen) atoms. The van der Waals surface area contributed by atoms with Gasteiger partial charge in [0.05, 0.1) is 0 Å². The summed E-state index contributed by atoms with van der Waals surface area (Å²) in [6, 6.07) is 0.325. The van der Waals surface area contributed by atoms with Crippen molar-refractivity contribution in [2.24, 2.45) is 11.7 Å². The summed E-state index contributed by atoms with van der Waals surface area (Å²) in [6.07, 6.45) is 5.14. The molecule has 1 aliphatic carbocycles. The van der Waals surface area contributed by atoms with Crippen molar-refractivity contribution >= 4 is 16.7 Å². The Labute approximate surface area is 112 Å². The second-order valence-electron chi connectivity index (χ2n) is 4.87. The molecule has 3 N–H and O–H groups in total. The summed E-state index contributed by atoms with van der Waals surface area (Å²) in [5.74, 6) is 1.43. The number of nitrogens with two attached hydrogens (primary N) is 1. The molecule has 2 rings (SSSR count). The van der Waals surface area contributed by atoms with Gasteiger partial charge in [0.25, 0.3) is 0 Å². The minimum atomic E-state index is -0.0559. The van der Waals surface area contributed by atoms with Crippen molar-refractivity contribution in [3.8, 4) is 0 Å². The molecule has 0 aliphatic heterocycles. The van der Waals surface area contributed by atoms with Gasteiger partial charge in [-0.05, 0) is 25.7 Å². The molecule has 0 saturated heterocycles. The Balaban J connectivity index is 1.96. The molecule has 6 heteroatoms. The normalized spacial score (nSPS) is 19.9. The first-order valence-corrected chi connectivity index (χ1v) is 7.35. The van der Waals surface area contributed by atoms with Gasteiger partial charge in [0, 0.05) is 31.2 Å². The second-order valence-corrected chi connectivity index (χ2v) is 5.62. The zero-order valence-electron chi connectivity index (χ0n) is 11.1. The third kappa shape index (κ3) is 3.18. The number of hydrogen-bond donors (Lipinski definition) is 2. The zero-order valence-corrected chi connectivity index (χ0v) is 11.9. The molecule has 0 bridgehead atoms. The van der Waals surface area contributed by atoms with Gasteiger partial charge in [0.15, 0.2) is 5.82 Å². The smallest absolute Gasteiger partial charge is 0.202 e. The van der Waals surface area contributed by atoms with Gasteiger partial charge in [0.2, 0.25) is 5.13 Å². The Morgan fingerprint density at radius 2 is 2.22 bits per heavy atom. The standard InChI is InChI=1S/C12H22N4OS/c1-8(17-2)11-15-12(18-16-11)14-10(7-13)9-5-3-4-6-9/h8-10H,3-7,13H2,1-2H3,(H,14,15,16). The second kappa shape index (κ2) is 6.45. The van der Waals surface area contributed by atoms with E-state index in [1.165, 1.54) is 37.2 Å². The van der Waals surface area contributed by atoms with Crippen molar-refractivity contribution in [1.82, 2.24) is 9.36 Å². The molecule has 1 aliphatic rings. The van der Waals surface area contributed by atoms with Crippen molar-refractivity contribution in [2.75, 3.05) is 19.0 Å². The highest BCUT2D eigenvalue weighted by molar-refractivity contribution is 7.09. The molecule has 1 fully saturated rings. The molecule has 1 aromatic heterocycles. The number of anilines is 1. The number of nitrogens with zero attached hydrogens (tertiary/aromatic N) is 2. The summed E-state index contributed by atoms with van der Waals surface area (Å²) >= 11 is 1.39. The predicted octanol–water partition coefficient (Wildman–Crippen LogP) is 2.17. The van der Waals surface area contributed by atoms with Crippen molar-refractivity contribution < 1.29 is 4.74 Å². The van der Waals surface area contributed by atoms with E-state index in [4.69, 9.17) is 10.5 Å². The van der Waals surface area contributed by atoms with Gasteiger partial charge < -0.3 is 15.8 Å². The molecular weight excluding hydrogens is 248 g/mol. The lowest BCUT2D eigenvalue weighted by atomic mass is 9.98. The van der Waals surface area contributed by atoms with Gasteiger partial charge in [-0.1, -0.05) is 12.8 Å². The Kier molecular flexibility index (Phi) is 4.91. The largest absolute Gasteiger partial charge is 0.374 e. The van der Waals surface area contributed by atoms with Crippen LogP contribution in [-0.2, 0) is 4.74 Å². The van der Waals surface area contributed by atoms with Crippen LogP contribution in [0.15, 0.2) is 0 Å². The van der Waals surface area contributed by atoms with E-state index >= 15 is 0 Å². The van der Waals surface area contributed by atoms with E-state index in [1.807, 2.05) is 6.92 Å². The average Bonchev–Trinajstić information content (AvgIpc) is 3.05. The highest BCUT2D eigenvalue weighted by atomic mass is 32.1. The molecule has 102 valence electrons. The fraction of sp³-hybridized carbons (Fsp3) is 0.833. The molecule has 0 amide bonds. The Morgan fingerprint density at radius 1 is 1.50 bits per heavy atom. The van der Waals surface area contributed by atoms with E-state index in [9.17, 15) is 0 Å². The van der Waals surface area contributed by atoms with E-state index in [2.05, 4.69) is 14.7 Å². The van der Waals surface area contributed by atoms with Crippen LogP contribution in [0.3, 0.4) is 0 Å². The SMILES string of the molecule is COC(C)c1nsc(NC(CN)C2CCCC2)n1. The fourth-order valence-electron chi connectivity index (χ4n) is 2.45. The Morgan fingerprint density at radius 3 is 2.83 bits per heavy atom. The van der Waals surface area contributed by atoms with Crippen LogP contribution < -0.4 is 11.1 Å². The van der Waals surface area contributed by atoms with Crippen LogP contribution in [0.25, 0.3) is 0 Å². The quantitative estimate of drug-likeness (QED) is 0.829. The Bertz CT molecular complexity index is 365. The maximum Gasteiger partial charge on any atom is 0.202 e. The highest BCUT2D eigenvalue weighted by Gasteiger charge is 2.25. The minimum Gasteiger partial charge on any atom is -0.374 e. The first-order valence-electron chi connectivity index (χ1n) is 6.57. The van der Waals surface area contributed by atoms with E-state index < -0.39 is 0 Å². The molecule has 2 unspecified atom stereocenters. The van der Waals surface area contributed by atoms with Gasteiger partial charge in [-0.3, -0.25) is 0 Å². The van der Waals surface area contributed by atoms with Crippen molar-refractivity contribution in [3.63, 3.8) is 0 Å². The first-order chi connectivity index (χ1) is 8.74. The molecule has 0 spiro atoms. The summed E-state index contributed by atoms with van der Waals surface area (Å²) in [5.41, 5.74) is 5.86. The molecule has 0 radical (unpaired) electrons. The van der Waals surface area contributed by atoms with E-state index in [1.54, 1.807) is 7.11 Å². The van der Waals surface area contributed by atoms with Crippen molar-refractivity contribution in [1.29, 1.82) is 0 Å². The average molecular weight is 270 g/mol. The number of aromatic nitrogens is 2. The molecular formula is C12H22N4OS. The number of methoxy groups -OCH3 is 1. The van der Waals surface area contributed by atoms with E-state index in [0.29, 0.717) is 18.5 Å². The van der Waals surface area contributed by atoms with E-state index in [-0.39, 0.29) is 6.10 Å². The van der Waals surface area contributed by atoms with Gasteiger partial charge in [-0.2, -0.15) is 4.37 Å². The summed E-state index contributed by atoms with van der Waals surface area (Å²) in [6.45, 7) is 2.60. The highest BCUT2D eigenvalue weighted by Crippen LogP contribution is 2.29. The third-order valence-corrected chi connectivity index (χ3v) is 4.35. The van der Waals surface area contributed by atoms with E-state index in [0.717, 1.165) is 11.0 Å². The third-order valence-electron chi connectivity index (χ3n) is 3.69. The van der Waals surface area contributed by atoms with Crippen LogP contribution in [-0.4, -0.2) is 29.1 Å². The monoisotopic (exact) mass is 270 g/mol. The maximum absolute atomic E-state index is 5.86. The minimum absolute atomic E-state index is 0.0559. The van der Waals surface area contributed by atoms with Gasteiger partial charge in [0.1, 0.15) is 6.10 Å². The van der Waals surface area contributed by atoms with Crippen LogP contribution in [0.4, 0.5) is 5.13 Å². The molecule has 1 heterocycles. The lowest BCUT2D eigenvalue weighted by Gasteiger charge is -2.22. The van der Waals surface area contributed by atoms with Crippen LogP contribution in [0.2, 0.25) is 0 Å². The molecule has 5 nitrogen and oxygen atoms in total. The fourth-order valence-corrected chi connectivity index (χ4v) is 3.16. The van der Waals surface area contributed by atoms with Crippen molar-refractivity contribution in [2.45, 2.75) is 44.8 Å². The van der Waals surface area contributed by atoms with Crippen LogP contribution in [0, 0.1) is 5.92 Å². The maximum atomic E-state index is 5.86. The lowest BCUT2D eigenvalue weighted by Crippen LogP contribution is -2.35. The predicted molar refractivity (Wildman–Crippen MR) is 73.8 cm³/mol. The van der Waals surface area contributed by atoms with Gasteiger partial charge in [-0.15, -0.1) is 0 Å². The number of ether oxygens (including phenoxy) is 1. The summed E-state index contributed by atoms with van der Waals surface area (Å²) < 4.78 is 9.51. The van der Waals surface area contributed by atoms with Crippen LogP contribution in [0.5, 0.6) is 0 Å². The topological polar surface area (TPSA) is 73.1 Å². The molecule has 2 atom stereocenters. The molecule has 1 aromatic rings. The van der Waals surface area contributed by atoms with Crippen molar-refractivity contribution in [3.05, 3.63) is 5.82 Å². The number of rotatable bonds is 6. The number of nitrogens with one attached hydrogen (secondary N) is 1. The summed E-state index contributed by atoms with van der Waals surface area (Å²) in [5, 5.41) is 4.29. The first kappa shape index (κ1) is 13.7. The van der Waals surface area contributed by atoms with Crippen LogP contribution in [0.1, 0.15) is 44.5 Å². The zero-order chi connectivity index (χ0) is 13.0. The lowest BCUT2D eigenvalue weighted by molar-refractivity contribution is 0.113. The van der Waals surface area contributed by atoms with Crippen LogP contribution >= 0.6 is 11.5 Å².